The Morgan fingerprint density at radius 3 is 2.64 bits per heavy atom. The highest BCUT2D eigenvalue weighted by Gasteiger charge is 2.35. The number of anilines is 2. The largest absolute Gasteiger partial charge is 0.427 e. The molecule has 2 aromatic heterocycles. The lowest BCUT2D eigenvalue weighted by Crippen LogP contribution is -2.49. The van der Waals surface area contributed by atoms with Crippen molar-refractivity contribution in [3.63, 3.8) is 0 Å². The number of rotatable bonds is 9. The van der Waals surface area contributed by atoms with Gasteiger partial charge in [0, 0.05) is 32.2 Å². The van der Waals surface area contributed by atoms with Crippen molar-refractivity contribution < 1.29 is 26.3 Å². The van der Waals surface area contributed by atoms with Crippen molar-refractivity contribution in [3.8, 4) is 0 Å². The lowest BCUT2D eigenvalue weighted by Gasteiger charge is -2.33. The van der Waals surface area contributed by atoms with Gasteiger partial charge in [0.1, 0.15) is 9.35 Å². The zero-order chi connectivity index (χ0) is 24.2. The number of piperazine rings is 1. The van der Waals surface area contributed by atoms with Crippen molar-refractivity contribution in [1.29, 1.82) is 0 Å². The number of H-pyrrole nitrogens is 1. The highest BCUT2D eigenvalue weighted by molar-refractivity contribution is 9.10. The smallest absolute Gasteiger partial charge is 0.378 e. The molecule has 1 aliphatic rings. The van der Waals surface area contributed by atoms with Crippen LogP contribution in [0.3, 0.4) is 0 Å². The van der Waals surface area contributed by atoms with Crippen LogP contribution in [0.1, 0.15) is 11.8 Å². The molecule has 1 saturated heterocycles. The van der Waals surface area contributed by atoms with E-state index < -0.39 is 21.1 Å². The molecule has 1 unspecified atom stereocenters. The van der Waals surface area contributed by atoms with E-state index >= 15 is 0 Å². The average Bonchev–Trinajstić information content (AvgIpc) is 3.26. The molecule has 0 aliphatic carbocycles. The maximum Gasteiger partial charge on any atom is 0.427 e. The third-order valence-corrected chi connectivity index (χ3v) is 8.45. The van der Waals surface area contributed by atoms with Gasteiger partial charge in [-0.3, -0.25) is 4.79 Å². The second kappa shape index (κ2) is 10.7. The molecule has 3 rings (SSSR count). The molecule has 0 aromatic carbocycles. The lowest BCUT2D eigenvalue weighted by molar-refractivity contribution is -0.134. The third-order valence-electron chi connectivity index (χ3n) is 4.73. The zero-order valence-corrected chi connectivity index (χ0v) is 20.7. The van der Waals surface area contributed by atoms with E-state index in [4.69, 9.17) is 4.74 Å². The summed E-state index contributed by atoms with van der Waals surface area (Å²) in [7, 11) is -3.57. The Balaban J connectivity index is 1.42. The number of aromatic nitrogens is 3. The van der Waals surface area contributed by atoms with Gasteiger partial charge in [-0.2, -0.15) is 22.6 Å². The van der Waals surface area contributed by atoms with E-state index in [1.54, 1.807) is 4.90 Å². The molecule has 0 radical (unpaired) electrons. The van der Waals surface area contributed by atoms with Gasteiger partial charge in [0.2, 0.25) is 10.0 Å². The number of sulfonamides is 1. The topological polar surface area (TPSA) is 121 Å². The second-order valence-corrected chi connectivity index (χ2v) is 11.1. The molecule has 184 valence electrons. The summed E-state index contributed by atoms with van der Waals surface area (Å²) in [6.07, 6.45) is -2.21. The summed E-state index contributed by atoms with van der Waals surface area (Å²) in [5, 5.41) is 9.27. The van der Waals surface area contributed by atoms with Crippen molar-refractivity contribution in [2.24, 2.45) is 0 Å². The van der Waals surface area contributed by atoms with E-state index in [9.17, 15) is 26.4 Å². The molecule has 0 bridgehead atoms. The van der Waals surface area contributed by atoms with E-state index in [2.05, 4.69) is 36.4 Å². The maximum atomic E-state index is 12.8. The van der Waals surface area contributed by atoms with Crippen LogP contribution in [-0.2, 0) is 20.9 Å². The molecule has 0 spiro atoms. The molecule has 0 saturated carbocycles. The first-order chi connectivity index (χ1) is 15.5. The normalized spacial score (nSPS) is 16.7. The first-order valence-electron chi connectivity index (χ1n) is 9.80. The molecule has 2 N–H and O–H groups in total. The Morgan fingerprint density at radius 2 is 2.00 bits per heavy atom. The Morgan fingerprint density at radius 1 is 1.30 bits per heavy atom. The van der Waals surface area contributed by atoms with Gasteiger partial charge >= 0.3 is 6.18 Å². The van der Waals surface area contributed by atoms with Gasteiger partial charge in [0.15, 0.2) is 5.13 Å². The third kappa shape index (κ3) is 6.88. The number of thiazole rings is 1. The molecule has 10 nitrogen and oxygen atoms in total. The summed E-state index contributed by atoms with van der Waals surface area (Å²) in [6.45, 7) is 2.81. The Kier molecular flexibility index (Phi) is 8.36. The molecule has 1 atom stereocenters. The number of hydrogen-bond donors (Lipinski definition) is 2. The van der Waals surface area contributed by atoms with Crippen LogP contribution >= 0.6 is 27.3 Å². The van der Waals surface area contributed by atoms with Gasteiger partial charge in [-0.25, -0.2) is 18.5 Å². The predicted octanol–water partition coefficient (Wildman–Crippen LogP) is 1.98. The van der Waals surface area contributed by atoms with E-state index in [1.807, 2.05) is 6.92 Å². The van der Waals surface area contributed by atoms with E-state index in [-0.39, 0.29) is 61.9 Å². The first kappa shape index (κ1) is 25.9. The van der Waals surface area contributed by atoms with Crippen molar-refractivity contribution in [1.82, 2.24) is 19.5 Å². The second-order valence-electron chi connectivity index (χ2n) is 7.25. The number of nitrogens with zero attached hydrogens (tertiary/aromatic N) is 4. The van der Waals surface area contributed by atoms with Crippen LogP contribution in [0, 0.1) is 0 Å². The Bertz CT molecular complexity index is 1100. The van der Waals surface area contributed by atoms with E-state index in [1.165, 1.54) is 10.5 Å². The number of nitrogens with one attached hydrogen (secondary N) is 2. The summed E-state index contributed by atoms with van der Waals surface area (Å²) < 4.78 is 70.5. The van der Waals surface area contributed by atoms with Gasteiger partial charge in [0.05, 0.1) is 37.0 Å². The number of halogens is 4. The number of alkyl halides is 3. The minimum Gasteiger partial charge on any atom is -0.378 e. The highest BCUT2D eigenvalue weighted by atomic mass is 79.9. The SMILES string of the molecule is CC(COCCS(=O)(=O)N1CCN(c2ncc(C(F)(F)F)s2)CC1)Nc1cn[nH]c(=O)c1Br. The predicted molar refractivity (Wildman–Crippen MR) is 121 cm³/mol. The first-order valence-corrected chi connectivity index (χ1v) is 13.0. The fraction of sp³-hybridized carbons (Fsp3) is 0.588. The number of aromatic amines is 1. The summed E-state index contributed by atoms with van der Waals surface area (Å²) in [4.78, 5) is 16.2. The molecule has 2 aromatic rings. The Hall–Kier alpha value is -1.75. The standard InChI is InChI=1S/C17H22BrF3N6O4S2/c1-11(24-12-8-23-25-15(28)14(12)18)10-31-6-7-33(29,30)27-4-2-26(3-5-27)16-22-9-13(32-16)17(19,20)21/h8-9,11H,2-7,10H2,1H3,(H2,24,25,28). The molecule has 16 heteroatoms. The number of ether oxygens (including phenoxy) is 1. The number of hydrogen-bond acceptors (Lipinski definition) is 9. The van der Waals surface area contributed by atoms with Crippen LogP contribution in [0.4, 0.5) is 24.0 Å². The van der Waals surface area contributed by atoms with Gasteiger partial charge in [0.25, 0.3) is 5.56 Å². The molecule has 1 fully saturated rings. The van der Waals surface area contributed by atoms with Crippen LogP contribution in [0.15, 0.2) is 21.7 Å². The molecular formula is C17H22BrF3N6O4S2. The van der Waals surface area contributed by atoms with E-state index in [0.29, 0.717) is 21.5 Å². The lowest BCUT2D eigenvalue weighted by atomic mass is 10.3. The minimum atomic E-state index is -4.44. The van der Waals surface area contributed by atoms with Crippen molar-refractivity contribution >= 4 is 48.1 Å². The summed E-state index contributed by atoms with van der Waals surface area (Å²) >= 11 is 3.71. The molecule has 33 heavy (non-hydrogen) atoms. The monoisotopic (exact) mass is 574 g/mol. The van der Waals surface area contributed by atoms with Gasteiger partial charge in [-0.1, -0.05) is 11.3 Å². The van der Waals surface area contributed by atoms with Gasteiger partial charge < -0.3 is 15.0 Å². The summed E-state index contributed by atoms with van der Waals surface area (Å²) in [6, 6.07) is -0.212. The van der Waals surface area contributed by atoms with Crippen LogP contribution in [0.25, 0.3) is 0 Å². The van der Waals surface area contributed by atoms with Crippen molar-refractivity contribution in [3.05, 3.63) is 32.1 Å². The van der Waals surface area contributed by atoms with Crippen LogP contribution < -0.4 is 15.8 Å². The molecule has 1 aliphatic heterocycles. The van der Waals surface area contributed by atoms with Crippen LogP contribution in [-0.4, -0.2) is 79.1 Å². The van der Waals surface area contributed by atoms with Gasteiger partial charge in [-0.15, -0.1) is 0 Å². The highest BCUT2D eigenvalue weighted by Crippen LogP contribution is 2.36. The maximum absolute atomic E-state index is 12.8. The van der Waals surface area contributed by atoms with Crippen molar-refractivity contribution in [2.75, 3.05) is 55.4 Å². The van der Waals surface area contributed by atoms with Crippen molar-refractivity contribution in [2.45, 2.75) is 19.1 Å². The summed E-state index contributed by atoms with van der Waals surface area (Å²) in [5.74, 6) is -0.217. The quantitative estimate of drug-likeness (QED) is 0.436. The fourth-order valence-electron chi connectivity index (χ4n) is 3.04. The minimum absolute atomic E-state index is 0.0230. The fourth-order valence-corrected chi connectivity index (χ4v) is 5.49. The van der Waals surface area contributed by atoms with Crippen LogP contribution in [0.2, 0.25) is 0 Å². The Labute approximate surface area is 200 Å². The molecular weight excluding hydrogens is 553 g/mol. The molecule has 3 heterocycles. The summed E-state index contributed by atoms with van der Waals surface area (Å²) in [5.41, 5.74) is 0.109. The van der Waals surface area contributed by atoms with Gasteiger partial charge in [-0.05, 0) is 22.9 Å². The molecule has 0 amide bonds. The zero-order valence-electron chi connectivity index (χ0n) is 17.4. The van der Waals surface area contributed by atoms with E-state index in [0.717, 1.165) is 6.20 Å². The van der Waals surface area contributed by atoms with Crippen LogP contribution in [0.5, 0.6) is 0 Å². The average molecular weight is 575 g/mol.